The van der Waals surface area contributed by atoms with Crippen molar-refractivity contribution in [3.63, 3.8) is 0 Å². The van der Waals surface area contributed by atoms with Crippen LogP contribution in [0.3, 0.4) is 0 Å². The molecule has 38 heavy (non-hydrogen) atoms. The number of benzene rings is 3. The van der Waals surface area contributed by atoms with Gasteiger partial charge in [0.25, 0.3) is 0 Å². The van der Waals surface area contributed by atoms with E-state index in [2.05, 4.69) is 0 Å². The third-order valence-electron chi connectivity index (χ3n) is 6.05. The smallest absolute Gasteiger partial charge is 0.410 e. The standard InChI is InChI=1S/C30H34N2O6/c33-29(37-23-25-8-3-1-4-9-25)31-14-16-35-18-19-36-17-15-32(22-28-13-7-12-27(20-28)21-31)30(34)38-24-26-10-5-2-6-11-26/h1-13,20H,14-19,21-24H2. The summed E-state index contributed by atoms with van der Waals surface area (Å²) in [5.41, 5.74) is 3.72. The lowest BCUT2D eigenvalue weighted by atomic mass is 10.1. The van der Waals surface area contributed by atoms with Gasteiger partial charge >= 0.3 is 12.2 Å². The van der Waals surface area contributed by atoms with Crippen LogP contribution in [0.15, 0.2) is 84.9 Å². The summed E-state index contributed by atoms with van der Waals surface area (Å²) >= 11 is 0. The Morgan fingerprint density at radius 3 is 1.50 bits per heavy atom. The first-order chi connectivity index (χ1) is 18.7. The highest BCUT2D eigenvalue weighted by Crippen LogP contribution is 2.14. The highest BCUT2D eigenvalue weighted by molar-refractivity contribution is 5.68. The van der Waals surface area contributed by atoms with Gasteiger partial charge in [-0.1, -0.05) is 84.9 Å². The maximum Gasteiger partial charge on any atom is 0.410 e. The molecule has 200 valence electrons. The molecule has 0 radical (unpaired) electrons. The van der Waals surface area contributed by atoms with Crippen LogP contribution in [0, 0.1) is 0 Å². The Bertz CT molecular complexity index is 1050. The van der Waals surface area contributed by atoms with Gasteiger partial charge in [0.15, 0.2) is 0 Å². The fourth-order valence-electron chi connectivity index (χ4n) is 4.03. The molecule has 0 spiro atoms. The van der Waals surface area contributed by atoms with E-state index in [4.69, 9.17) is 18.9 Å². The minimum atomic E-state index is -0.408. The average molecular weight is 519 g/mol. The van der Waals surface area contributed by atoms with Gasteiger partial charge in [0, 0.05) is 26.2 Å². The molecule has 3 aromatic carbocycles. The fourth-order valence-corrected chi connectivity index (χ4v) is 4.03. The quantitative estimate of drug-likeness (QED) is 0.483. The maximum absolute atomic E-state index is 12.9. The Morgan fingerprint density at radius 2 is 1.05 bits per heavy atom. The predicted octanol–water partition coefficient (Wildman–Crippen LogP) is 5.01. The lowest BCUT2D eigenvalue weighted by molar-refractivity contribution is 0.0250. The Kier molecular flexibility index (Phi) is 10.5. The van der Waals surface area contributed by atoms with Crippen LogP contribution < -0.4 is 0 Å². The van der Waals surface area contributed by atoms with E-state index >= 15 is 0 Å². The van der Waals surface area contributed by atoms with Gasteiger partial charge in [-0.15, -0.1) is 0 Å². The molecule has 8 nitrogen and oxygen atoms in total. The van der Waals surface area contributed by atoms with Crippen LogP contribution in [0.2, 0.25) is 0 Å². The van der Waals surface area contributed by atoms with Gasteiger partial charge in [-0.05, 0) is 22.3 Å². The molecule has 0 fully saturated rings. The number of hydrogen-bond donors (Lipinski definition) is 0. The summed E-state index contributed by atoms with van der Waals surface area (Å²) in [6.07, 6.45) is -0.816. The van der Waals surface area contributed by atoms with Crippen molar-refractivity contribution >= 4 is 12.2 Å². The number of nitrogens with zero attached hydrogens (tertiary/aromatic N) is 2. The van der Waals surface area contributed by atoms with Gasteiger partial charge in [-0.25, -0.2) is 9.59 Å². The van der Waals surface area contributed by atoms with Crippen LogP contribution in [-0.4, -0.2) is 61.5 Å². The van der Waals surface area contributed by atoms with Crippen molar-refractivity contribution in [1.82, 2.24) is 9.80 Å². The zero-order chi connectivity index (χ0) is 26.4. The highest BCUT2D eigenvalue weighted by Gasteiger charge is 2.19. The van der Waals surface area contributed by atoms with Crippen LogP contribution in [0.4, 0.5) is 9.59 Å². The number of rotatable bonds is 4. The Morgan fingerprint density at radius 1 is 0.605 bits per heavy atom. The van der Waals surface area contributed by atoms with Crippen LogP contribution in [-0.2, 0) is 45.3 Å². The van der Waals surface area contributed by atoms with Crippen molar-refractivity contribution in [3.8, 4) is 0 Å². The van der Waals surface area contributed by atoms with Crippen molar-refractivity contribution in [2.24, 2.45) is 0 Å². The molecule has 0 saturated heterocycles. The molecule has 1 heterocycles. The zero-order valence-corrected chi connectivity index (χ0v) is 21.5. The molecular formula is C30H34N2O6. The van der Waals surface area contributed by atoms with E-state index in [0.29, 0.717) is 52.6 Å². The van der Waals surface area contributed by atoms with Gasteiger partial charge in [0.1, 0.15) is 13.2 Å². The second kappa shape index (κ2) is 14.8. The number of amides is 2. The number of carbonyl (C=O) groups is 2. The van der Waals surface area contributed by atoms with E-state index in [1.165, 1.54) is 0 Å². The third-order valence-corrected chi connectivity index (χ3v) is 6.05. The predicted molar refractivity (Wildman–Crippen MR) is 142 cm³/mol. The number of ether oxygens (including phenoxy) is 4. The summed E-state index contributed by atoms with van der Waals surface area (Å²) in [5.74, 6) is 0. The monoisotopic (exact) mass is 518 g/mol. The molecule has 0 N–H and O–H groups in total. The van der Waals surface area contributed by atoms with Gasteiger partial charge in [-0.3, -0.25) is 0 Å². The maximum atomic E-state index is 12.9. The van der Waals surface area contributed by atoms with Crippen molar-refractivity contribution in [2.45, 2.75) is 26.3 Å². The lowest BCUT2D eigenvalue weighted by Gasteiger charge is -2.23. The van der Waals surface area contributed by atoms with Gasteiger partial charge in [0.2, 0.25) is 0 Å². The Balaban J connectivity index is 1.43. The van der Waals surface area contributed by atoms with Crippen LogP contribution in [0.25, 0.3) is 0 Å². The summed E-state index contributed by atoms with van der Waals surface area (Å²) in [5, 5.41) is 0. The molecule has 0 unspecified atom stereocenters. The molecule has 1 aliphatic rings. The van der Waals surface area contributed by atoms with Crippen molar-refractivity contribution in [2.75, 3.05) is 39.5 Å². The minimum Gasteiger partial charge on any atom is -0.445 e. The molecule has 0 saturated carbocycles. The molecular weight excluding hydrogens is 484 g/mol. The first kappa shape index (κ1) is 27.2. The summed E-state index contributed by atoms with van der Waals surface area (Å²) in [7, 11) is 0. The summed E-state index contributed by atoms with van der Waals surface area (Å²) in [6.45, 7) is 3.39. The van der Waals surface area contributed by atoms with Gasteiger partial charge < -0.3 is 28.7 Å². The van der Waals surface area contributed by atoms with Crippen molar-refractivity contribution < 1.29 is 28.5 Å². The molecule has 3 aromatic rings. The minimum absolute atomic E-state index is 0.199. The van der Waals surface area contributed by atoms with E-state index in [0.717, 1.165) is 22.3 Å². The normalized spacial score (nSPS) is 15.2. The van der Waals surface area contributed by atoms with Crippen LogP contribution >= 0.6 is 0 Å². The first-order valence-corrected chi connectivity index (χ1v) is 12.8. The molecule has 0 aromatic heterocycles. The van der Waals surface area contributed by atoms with Crippen molar-refractivity contribution in [1.29, 1.82) is 0 Å². The Labute approximate surface area is 223 Å². The van der Waals surface area contributed by atoms with Gasteiger partial charge in [0.05, 0.1) is 26.4 Å². The third kappa shape index (κ3) is 8.90. The van der Waals surface area contributed by atoms with E-state index < -0.39 is 12.2 Å². The number of fused-ring (bicyclic) bond motifs is 2. The lowest BCUT2D eigenvalue weighted by Crippen LogP contribution is -2.34. The number of hydrogen-bond acceptors (Lipinski definition) is 6. The van der Waals surface area contributed by atoms with Crippen LogP contribution in [0.5, 0.6) is 0 Å². The van der Waals surface area contributed by atoms with E-state index in [1.54, 1.807) is 9.80 Å². The fraction of sp³-hybridized carbons (Fsp3) is 0.333. The summed E-state index contributed by atoms with van der Waals surface area (Å²) < 4.78 is 22.5. The van der Waals surface area contributed by atoms with Crippen LogP contribution in [0.1, 0.15) is 22.3 Å². The summed E-state index contributed by atoms with van der Waals surface area (Å²) in [4.78, 5) is 29.2. The SMILES string of the molecule is O=C(OCc1ccccc1)N1CCOCCOCCN(C(=O)OCc2ccccc2)Cc2cccc(c2)C1. The largest absolute Gasteiger partial charge is 0.445 e. The topological polar surface area (TPSA) is 77.5 Å². The van der Waals surface area contributed by atoms with Crippen molar-refractivity contribution in [3.05, 3.63) is 107 Å². The molecule has 0 aliphatic carbocycles. The highest BCUT2D eigenvalue weighted by atomic mass is 16.6. The molecule has 2 bridgehead atoms. The molecule has 1 aliphatic heterocycles. The summed E-state index contributed by atoms with van der Waals surface area (Å²) in [6, 6.07) is 27.0. The average Bonchev–Trinajstić information content (AvgIpc) is 2.96. The molecule has 4 rings (SSSR count). The second-order valence-electron chi connectivity index (χ2n) is 8.97. The van der Waals surface area contributed by atoms with E-state index in [9.17, 15) is 9.59 Å². The second-order valence-corrected chi connectivity index (χ2v) is 8.97. The zero-order valence-electron chi connectivity index (χ0n) is 21.5. The Hall–Kier alpha value is -3.88. The molecule has 0 atom stereocenters. The van der Waals surface area contributed by atoms with E-state index in [-0.39, 0.29) is 13.2 Å². The van der Waals surface area contributed by atoms with E-state index in [1.807, 2.05) is 84.9 Å². The first-order valence-electron chi connectivity index (χ1n) is 12.8. The molecule has 8 heteroatoms. The number of carbonyl (C=O) groups excluding carboxylic acids is 2. The van der Waals surface area contributed by atoms with Gasteiger partial charge in [-0.2, -0.15) is 0 Å². The molecule has 2 amide bonds.